The number of carbonyl (C=O) groups is 1. The third-order valence-corrected chi connectivity index (χ3v) is 4.87. The lowest BCUT2D eigenvalue weighted by atomic mass is 10.1. The minimum absolute atomic E-state index is 0.0259. The predicted octanol–water partition coefficient (Wildman–Crippen LogP) is 4.85. The zero-order chi connectivity index (χ0) is 15.4. The van der Waals surface area contributed by atoms with Crippen LogP contribution in [0.5, 0.6) is 5.75 Å². The molecule has 0 atom stereocenters. The molecule has 2 rings (SSSR count). The van der Waals surface area contributed by atoms with E-state index in [0.717, 1.165) is 25.8 Å². The smallest absolute Gasteiger partial charge is 0.262 e. The van der Waals surface area contributed by atoms with Crippen molar-refractivity contribution in [3.05, 3.63) is 56.5 Å². The summed E-state index contributed by atoms with van der Waals surface area (Å²) in [7, 11) is 0. The molecule has 0 unspecified atom stereocenters. The summed E-state index contributed by atoms with van der Waals surface area (Å²) < 4.78 is 7.45. The van der Waals surface area contributed by atoms with Crippen molar-refractivity contribution in [3.63, 3.8) is 0 Å². The molecule has 5 heteroatoms. The third-order valence-electron chi connectivity index (χ3n) is 2.93. The number of carbonyl (C=O) groups excluding carboxylic acids is 1. The second-order valence-corrected chi connectivity index (χ2v) is 6.34. The number of amides is 1. The fourth-order valence-electron chi connectivity index (χ4n) is 1.89. The number of halogens is 2. The number of hydrogen-bond donors (Lipinski definition) is 1. The number of nitrogens with one attached hydrogen (secondary N) is 1. The van der Waals surface area contributed by atoms with Crippen molar-refractivity contribution in [3.8, 4) is 5.75 Å². The number of hydrogen-bond acceptors (Lipinski definition) is 2. The molecular formula is C16H15Br2NO2. The van der Waals surface area contributed by atoms with Gasteiger partial charge in [0.15, 0.2) is 6.61 Å². The Balaban J connectivity index is 1.97. The van der Waals surface area contributed by atoms with Crippen LogP contribution in [0.3, 0.4) is 0 Å². The molecule has 0 aromatic heterocycles. The van der Waals surface area contributed by atoms with Crippen molar-refractivity contribution >= 4 is 43.5 Å². The van der Waals surface area contributed by atoms with E-state index in [0.29, 0.717) is 5.75 Å². The van der Waals surface area contributed by atoms with E-state index in [-0.39, 0.29) is 12.5 Å². The van der Waals surface area contributed by atoms with Gasteiger partial charge >= 0.3 is 0 Å². The molecule has 21 heavy (non-hydrogen) atoms. The van der Waals surface area contributed by atoms with Crippen molar-refractivity contribution in [2.75, 3.05) is 11.9 Å². The van der Waals surface area contributed by atoms with Crippen molar-refractivity contribution in [2.24, 2.45) is 0 Å². The number of aryl methyl sites for hydroxylation is 2. The first-order chi connectivity index (χ1) is 9.97. The molecule has 2 aromatic rings. The molecule has 0 saturated carbocycles. The van der Waals surface area contributed by atoms with Gasteiger partial charge in [-0.25, -0.2) is 0 Å². The topological polar surface area (TPSA) is 38.3 Å². The largest absolute Gasteiger partial charge is 0.484 e. The fraction of sp³-hybridized carbons (Fsp3) is 0.188. The van der Waals surface area contributed by atoms with Gasteiger partial charge in [-0.2, -0.15) is 0 Å². The molecule has 1 N–H and O–H groups in total. The quantitative estimate of drug-likeness (QED) is 0.779. The van der Waals surface area contributed by atoms with Gasteiger partial charge in [-0.3, -0.25) is 4.79 Å². The third kappa shape index (κ3) is 4.32. The molecule has 1 amide bonds. The molecule has 0 aliphatic rings. The molecule has 0 fully saturated rings. The Bertz CT molecular complexity index is 648. The first-order valence-electron chi connectivity index (χ1n) is 6.41. The molecule has 0 aliphatic carbocycles. The number of rotatable bonds is 4. The highest BCUT2D eigenvalue weighted by Gasteiger charge is 2.08. The molecule has 2 aromatic carbocycles. The van der Waals surface area contributed by atoms with Gasteiger partial charge in [-0.15, -0.1) is 0 Å². The molecular weight excluding hydrogens is 398 g/mol. The van der Waals surface area contributed by atoms with E-state index in [1.807, 2.05) is 50.2 Å². The van der Waals surface area contributed by atoms with Crippen LogP contribution in [0, 0.1) is 13.8 Å². The summed E-state index contributed by atoms with van der Waals surface area (Å²) in [5, 5.41) is 2.80. The van der Waals surface area contributed by atoms with Gasteiger partial charge in [0, 0.05) is 8.95 Å². The number of ether oxygens (including phenoxy) is 1. The molecule has 0 heterocycles. The Labute approximate surface area is 141 Å². The Morgan fingerprint density at radius 1 is 1.14 bits per heavy atom. The number of para-hydroxylation sites is 1. The van der Waals surface area contributed by atoms with Crippen LogP contribution in [0.15, 0.2) is 45.3 Å². The second-order valence-electron chi connectivity index (χ2n) is 4.69. The highest BCUT2D eigenvalue weighted by atomic mass is 79.9. The SMILES string of the molecule is Cc1cc(OCC(=O)Nc2ccccc2Br)cc(C)c1Br. The van der Waals surface area contributed by atoms with Crippen LogP contribution in [-0.2, 0) is 4.79 Å². The Hall–Kier alpha value is -1.33. The molecule has 0 spiro atoms. The van der Waals surface area contributed by atoms with E-state index in [1.54, 1.807) is 0 Å². The number of benzene rings is 2. The predicted molar refractivity (Wildman–Crippen MR) is 91.9 cm³/mol. The second kappa shape index (κ2) is 7.09. The monoisotopic (exact) mass is 411 g/mol. The minimum atomic E-state index is -0.194. The zero-order valence-electron chi connectivity index (χ0n) is 11.7. The van der Waals surface area contributed by atoms with E-state index in [4.69, 9.17) is 4.74 Å². The zero-order valence-corrected chi connectivity index (χ0v) is 14.9. The van der Waals surface area contributed by atoms with Crippen molar-refractivity contribution in [1.82, 2.24) is 0 Å². The molecule has 0 aliphatic heterocycles. The van der Waals surface area contributed by atoms with Gasteiger partial charge < -0.3 is 10.1 Å². The molecule has 0 saturated heterocycles. The summed E-state index contributed by atoms with van der Waals surface area (Å²) in [6.07, 6.45) is 0. The summed E-state index contributed by atoms with van der Waals surface area (Å²) in [5.41, 5.74) is 2.89. The van der Waals surface area contributed by atoms with Crippen LogP contribution in [0.25, 0.3) is 0 Å². The van der Waals surface area contributed by atoms with E-state index in [2.05, 4.69) is 37.2 Å². The van der Waals surface area contributed by atoms with Gasteiger partial charge in [0.2, 0.25) is 0 Å². The molecule has 110 valence electrons. The maximum absolute atomic E-state index is 11.9. The highest BCUT2D eigenvalue weighted by Crippen LogP contribution is 2.26. The van der Waals surface area contributed by atoms with Crippen LogP contribution in [0.1, 0.15) is 11.1 Å². The normalized spacial score (nSPS) is 10.3. The Kier molecular flexibility index (Phi) is 5.42. The summed E-state index contributed by atoms with van der Waals surface area (Å²) in [6, 6.07) is 11.3. The van der Waals surface area contributed by atoms with E-state index >= 15 is 0 Å². The van der Waals surface area contributed by atoms with Gasteiger partial charge in [0.05, 0.1) is 5.69 Å². The molecule has 0 radical (unpaired) electrons. The van der Waals surface area contributed by atoms with Crippen LogP contribution >= 0.6 is 31.9 Å². The van der Waals surface area contributed by atoms with Crippen molar-refractivity contribution in [2.45, 2.75) is 13.8 Å². The maximum atomic E-state index is 11.9. The van der Waals surface area contributed by atoms with Gasteiger partial charge in [-0.1, -0.05) is 28.1 Å². The lowest BCUT2D eigenvalue weighted by molar-refractivity contribution is -0.118. The number of anilines is 1. The van der Waals surface area contributed by atoms with Crippen molar-refractivity contribution < 1.29 is 9.53 Å². The minimum Gasteiger partial charge on any atom is -0.484 e. The van der Waals surface area contributed by atoms with Crippen LogP contribution in [-0.4, -0.2) is 12.5 Å². The Morgan fingerprint density at radius 2 is 1.76 bits per heavy atom. The van der Waals surface area contributed by atoms with E-state index in [9.17, 15) is 4.79 Å². The van der Waals surface area contributed by atoms with Crippen LogP contribution in [0.4, 0.5) is 5.69 Å². The summed E-state index contributed by atoms with van der Waals surface area (Å²) in [5.74, 6) is 0.496. The fourth-order valence-corrected chi connectivity index (χ4v) is 2.50. The summed E-state index contributed by atoms with van der Waals surface area (Å²) in [4.78, 5) is 11.9. The highest BCUT2D eigenvalue weighted by molar-refractivity contribution is 9.11. The molecule has 0 bridgehead atoms. The van der Waals surface area contributed by atoms with Gasteiger partial charge in [-0.05, 0) is 65.2 Å². The average Bonchev–Trinajstić information content (AvgIpc) is 2.45. The molecule has 3 nitrogen and oxygen atoms in total. The average molecular weight is 413 g/mol. The lowest BCUT2D eigenvalue weighted by Gasteiger charge is -2.11. The standard InChI is InChI=1S/C16H15Br2NO2/c1-10-7-12(8-11(2)16(10)18)21-9-15(20)19-14-6-4-3-5-13(14)17/h3-8H,9H2,1-2H3,(H,19,20). The first kappa shape index (κ1) is 16.0. The van der Waals surface area contributed by atoms with Crippen molar-refractivity contribution in [1.29, 1.82) is 0 Å². The van der Waals surface area contributed by atoms with E-state index < -0.39 is 0 Å². The summed E-state index contributed by atoms with van der Waals surface area (Å²) >= 11 is 6.89. The van der Waals surface area contributed by atoms with E-state index in [1.165, 1.54) is 0 Å². The first-order valence-corrected chi connectivity index (χ1v) is 8.00. The van der Waals surface area contributed by atoms with Gasteiger partial charge in [0.1, 0.15) is 5.75 Å². The van der Waals surface area contributed by atoms with Crippen LogP contribution < -0.4 is 10.1 Å². The van der Waals surface area contributed by atoms with Crippen LogP contribution in [0.2, 0.25) is 0 Å². The lowest BCUT2D eigenvalue weighted by Crippen LogP contribution is -2.20. The summed E-state index contributed by atoms with van der Waals surface area (Å²) in [6.45, 7) is 3.96. The van der Waals surface area contributed by atoms with Gasteiger partial charge in [0.25, 0.3) is 5.91 Å². The maximum Gasteiger partial charge on any atom is 0.262 e. The Morgan fingerprint density at radius 3 is 2.38 bits per heavy atom.